The number of halogens is 1. The van der Waals surface area contributed by atoms with Crippen LogP contribution < -0.4 is 10.6 Å². The van der Waals surface area contributed by atoms with E-state index in [1.54, 1.807) is 7.05 Å². The van der Waals surface area contributed by atoms with Crippen molar-refractivity contribution in [1.82, 2.24) is 10.2 Å². The molecule has 1 fully saturated rings. The zero-order chi connectivity index (χ0) is 17.2. The number of aliphatic imine (C=N–C) groups is 1. The number of hydrogen-bond acceptors (Lipinski definition) is 4. The first-order valence-electron chi connectivity index (χ1n) is 8.57. The maximum atomic E-state index is 11.6. The van der Waals surface area contributed by atoms with Gasteiger partial charge in [0.15, 0.2) is 5.96 Å². The van der Waals surface area contributed by atoms with Gasteiger partial charge in [0, 0.05) is 38.9 Å². The zero-order valence-corrected chi connectivity index (χ0v) is 17.4. The second-order valence-electron chi connectivity index (χ2n) is 5.90. The third-order valence-electron chi connectivity index (χ3n) is 4.28. The SMILES string of the molecule is CN=C(NCCCNc1ccccc1)N1CCC(C(=O)OC)CC1.I. The van der Waals surface area contributed by atoms with E-state index in [1.807, 2.05) is 18.2 Å². The fourth-order valence-corrected chi connectivity index (χ4v) is 2.90. The lowest BCUT2D eigenvalue weighted by atomic mass is 9.97. The van der Waals surface area contributed by atoms with Gasteiger partial charge in [-0.2, -0.15) is 0 Å². The number of guanidine groups is 1. The maximum absolute atomic E-state index is 11.6. The van der Waals surface area contributed by atoms with Gasteiger partial charge in [-0.1, -0.05) is 18.2 Å². The molecule has 1 saturated heterocycles. The number of piperidine rings is 1. The van der Waals surface area contributed by atoms with Gasteiger partial charge in [-0.25, -0.2) is 0 Å². The predicted octanol–water partition coefficient (Wildman–Crippen LogP) is 2.57. The van der Waals surface area contributed by atoms with Crippen LogP contribution >= 0.6 is 24.0 Å². The van der Waals surface area contributed by atoms with Crippen molar-refractivity contribution >= 4 is 41.6 Å². The van der Waals surface area contributed by atoms with Crippen molar-refractivity contribution in [3.05, 3.63) is 30.3 Å². The highest BCUT2D eigenvalue weighted by Crippen LogP contribution is 2.18. The summed E-state index contributed by atoms with van der Waals surface area (Å²) in [5.41, 5.74) is 1.15. The van der Waals surface area contributed by atoms with E-state index in [9.17, 15) is 4.79 Å². The van der Waals surface area contributed by atoms with Crippen LogP contribution in [0.25, 0.3) is 0 Å². The van der Waals surface area contributed by atoms with Crippen molar-refractivity contribution in [2.24, 2.45) is 10.9 Å². The monoisotopic (exact) mass is 460 g/mol. The van der Waals surface area contributed by atoms with Crippen LogP contribution in [0.15, 0.2) is 35.3 Å². The molecular formula is C18H29IN4O2. The number of nitrogens with one attached hydrogen (secondary N) is 2. The lowest BCUT2D eigenvalue weighted by Gasteiger charge is -2.33. The average Bonchev–Trinajstić information content (AvgIpc) is 2.65. The molecule has 1 heterocycles. The highest BCUT2D eigenvalue weighted by molar-refractivity contribution is 14.0. The van der Waals surface area contributed by atoms with Gasteiger partial charge < -0.3 is 20.3 Å². The summed E-state index contributed by atoms with van der Waals surface area (Å²) >= 11 is 0. The first kappa shape index (κ1) is 21.5. The van der Waals surface area contributed by atoms with Crippen LogP contribution in [-0.2, 0) is 9.53 Å². The molecule has 0 aliphatic carbocycles. The molecule has 0 atom stereocenters. The summed E-state index contributed by atoms with van der Waals surface area (Å²) in [6.45, 7) is 3.45. The normalized spacial score (nSPS) is 15.3. The van der Waals surface area contributed by atoms with Crippen LogP contribution in [0.3, 0.4) is 0 Å². The first-order chi connectivity index (χ1) is 11.7. The molecule has 0 radical (unpaired) electrons. The summed E-state index contributed by atoms with van der Waals surface area (Å²) < 4.78 is 4.83. The first-order valence-corrected chi connectivity index (χ1v) is 8.57. The summed E-state index contributed by atoms with van der Waals surface area (Å²) in [6, 6.07) is 10.2. The fourth-order valence-electron chi connectivity index (χ4n) is 2.90. The predicted molar refractivity (Wildman–Crippen MR) is 113 cm³/mol. The average molecular weight is 460 g/mol. The quantitative estimate of drug-likeness (QED) is 0.225. The van der Waals surface area contributed by atoms with Gasteiger partial charge in [-0.3, -0.25) is 9.79 Å². The third kappa shape index (κ3) is 7.09. The topological polar surface area (TPSA) is 66.0 Å². The zero-order valence-electron chi connectivity index (χ0n) is 15.0. The van der Waals surface area contributed by atoms with Gasteiger partial charge in [-0.05, 0) is 31.4 Å². The smallest absolute Gasteiger partial charge is 0.308 e. The van der Waals surface area contributed by atoms with E-state index in [0.717, 1.165) is 57.1 Å². The second-order valence-corrected chi connectivity index (χ2v) is 5.90. The van der Waals surface area contributed by atoms with Crippen LogP contribution in [0.1, 0.15) is 19.3 Å². The van der Waals surface area contributed by atoms with Crippen molar-refractivity contribution in [1.29, 1.82) is 0 Å². The number of nitrogens with zero attached hydrogens (tertiary/aromatic N) is 2. The third-order valence-corrected chi connectivity index (χ3v) is 4.28. The van der Waals surface area contributed by atoms with Crippen LogP contribution in [0.4, 0.5) is 5.69 Å². The summed E-state index contributed by atoms with van der Waals surface area (Å²) in [4.78, 5) is 18.1. The van der Waals surface area contributed by atoms with Crippen LogP contribution in [0.5, 0.6) is 0 Å². The minimum atomic E-state index is -0.0930. The number of esters is 1. The van der Waals surface area contributed by atoms with E-state index in [2.05, 4.69) is 32.7 Å². The molecule has 2 N–H and O–H groups in total. The van der Waals surface area contributed by atoms with Gasteiger partial charge in [0.1, 0.15) is 0 Å². The Morgan fingerprint density at radius 1 is 1.24 bits per heavy atom. The largest absolute Gasteiger partial charge is 0.469 e. The van der Waals surface area contributed by atoms with Crippen LogP contribution in [-0.4, -0.2) is 57.2 Å². The number of hydrogen-bond donors (Lipinski definition) is 2. The molecule has 2 rings (SSSR count). The van der Waals surface area contributed by atoms with Crippen LogP contribution in [0, 0.1) is 5.92 Å². The lowest BCUT2D eigenvalue weighted by Crippen LogP contribution is -2.47. The summed E-state index contributed by atoms with van der Waals surface area (Å²) in [6.07, 6.45) is 2.65. The van der Waals surface area contributed by atoms with Gasteiger partial charge in [0.25, 0.3) is 0 Å². The number of methoxy groups -OCH3 is 1. The van der Waals surface area contributed by atoms with Crippen LogP contribution in [0.2, 0.25) is 0 Å². The number of benzene rings is 1. The van der Waals surface area contributed by atoms with Crippen molar-refractivity contribution < 1.29 is 9.53 Å². The Labute approximate surface area is 167 Å². The Balaban J connectivity index is 0.00000312. The Hall–Kier alpha value is -1.51. The van der Waals surface area contributed by atoms with Gasteiger partial charge in [-0.15, -0.1) is 24.0 Å². The minimum absolute atomic E-state index is 0. The number of ether oxygens (including phenoxy) is 1. The van der Waals surface area contributed by atoms with E-state index >= 15 is 0 Å². The fraction of sp³-hybridized carbons (Fsp3) is 0.556. The standard InChI is InChI=1S/C18H28N4O2.HI/c1-19-18(22-13-9-15(10-14-22)17(23)24-2)21-12-6-11-20-16-7-4-3-5-8-16;/h3-5,7-8,15,20H,6,9-14H2,1-2H3,(H,19,21);1H. The van der Waals surface area contributed by atoms with E-state index in [-0.39, 0.29) is 35.9 Å². The maximum Gasteiger partial charge on any atom is 0.308 e. The molecule has 1 aliphatic rings. The van der Waals surface area contributed by atoms with Gasteiger partial charge in [0.05, 0.1) is 13.0 Å². The number of carbonyl (C=O) groups excluding carboxylic acids is 1. The van der Waals surface area contributed by atoms with E-state index in [4.69, 9.17) is 4.74 Å². The summed E-state index contributed by atoms with van der Waals surface area (Å²) in [7, 11) is 3.26. The molecule has 0 unspecified atom stereocenters. The highest BCUT2D eigenvalue weighted by atomic mass is 127. The molecule has 7 heteroatoms. The molecule has 6 nitrogen and oxygen atoms in total. The number of anilines is 1. The number of para-hydroxylation sites is 1. The van der Waals surface area contributed by atoms with Crippen molar-refractivity contribution in [3.8, 4) is 0 Å². The highest BCUT2D eigenvalue weighted by Gasteiger charge is 2.26. The number of carbonyl (C=O) groups is 1. The summed E-state index contributed by atoms with van der Waals surface area (Å²) in [5, 5.41) is 6.80. The Bertz CT molecular complexity index is 531. The molecule has 1 aromatic carbocycles. The lowest BCUT2D eigenvalue weighted by molar-refractivity contribution is -0.146. The summed E-state index contributed by atoms with van der Waals surface area (Å²) in [5.74, 6) is 0.849. The molecule has 0 aromatic heterocycles. The minimum Gasteiger partial charge on any atom is -0.469 e. The second kappa shape index (κ2) is 11.9. The van der Waals surface area contributed by atoms with Gasteiger partial charge >= 0.3 is 5.97 Å². The Kier molecular flexibility index (Phi) is 10.3. The van der Waals surface area contributed by atoms with Crippen molar-refractivity contribution in [2.45, 2.75) is 19.3 Å². The molecular weight excluding hydrogens is 431 g/mol. The van der Waals surface area contributed by atoms with Crippen molar-refractivity contribution in [2.75, 3.05) is 45.7 Å². The number of likely N-dealkylation sites (tertiary alicyclic amines) is 1. The van der Waals surface area contributed by atoms with E-state index < -0.39 is 0 Å². The van der Waals surface area contributed by atoms with E-state index in [1.165, 1.54) is 7.11 Å². The Morgan fingerprint density at radius 3 is 2.52 bits per heavy atom. The number of rotatable bonds is 6. The Morgan fingerprint density at radius 2 is 1.92 bits per heavy atom. The van der Waals surface area contributed by atoms with Gasteiger partial charge in [0.2, 0.25) is 0 Å². The van der Waals surface area contributed by atoms with Crippen molar-refractivity contribution in [3.63, 3.8) is 0 Å². The molecule has 1 aliphatic heterocycles. The molecule has 0 bridgehead atoms. The van der Waals surface area contributed by atoms with E-state index in [0.29, 0.717) is 0 Å². The molecule has 0 saturated carbocycles. The molecule has 0 spiro atoms. The molecule has 140 valence electrons. The molecule has 1 aromatic rings. The molecule has 25 heavy (non-hydrogen) atoms. The molecule has 0 amide bonds.